The molecule has 0 spiro atoms. The van der Waals surface area contributed by atoms with Crippen molar-refractivity contribution < 1.29 is 9.53 Å². The Morgan fingerprint density at radius 3 is 2.62 bits per heavy atom. The molecule has 4 rings (SSSR count). The van der Waals surface area contributed by atoms with E-state index in [0.29, 0.717) is 22.0 Å². The minimum atomic E-state index is -0.828. The van der Waals surface area contributed by atoms with E-state index in [-0.39, 0.29) is 17.3 Å². The fraction of sp³-hybridized carbons (Fsp3) is 0.286. The van der Waals surface area contributed by atoms with E-state index >= 15 is 0 Å². The number of hydrogen-bond acceptors (Lipinski definition) is 4. The van der Waals surface area contributed by atoms with Crippen LogP contribution < -0.4 is 21.3 Å². The zero-order valence-electron chi connectivity index (χ0n) is 16.0. The molecule has 1 atom stereocenters. The number of halogens is 1. The van der Waals surface area contributed by atoms with Gasteiger partial charge in [-0.25, -0.2) is 9.36 Å². The number of methoxy groups -OCH3 is 1. The molecule has 0 saturated heterocycles. The number of amides is 1. The standard InChI is InChI=1S/C21H20ClN3O4/c1-12(19(26)23-14-8-9-14)24-17-11-13(22)7-10-15(17)20(27)25(21(24)28)16-5-3-4-6-18(16)29-2/h3-7,10-12,14H,8-9H2,1-2H3,(H,23,26)/t12-/m1/s1. The molecule has 1 heterocycles. The van der Waals surface area contributed by atoms with Crippen molar-refractivity contribution in [2.75, 3.05) is 7.11 Å². The van der Waals surface area contributed by atoms with Crippen LogP contribution in [0.15, 0.2) is 52.1 Å². The summed E-state index contributed by atoms with van der Waals surface area (Å²) < 4.78 is 7.69. The number of aromatic nitrogens is 2. The van der Waals surface area contributed by atoms with Gasteiger partial charge in [0.1, 0.15) is 11.8 Å². The zero-order chi connectivity index (χ0) is 20.7. The van der Waals surface area contributed by atoms with Crippen molar-refractivity contribution in [3.05, 3.63) is 68.3 Å². The second-order valence-corrected chi connectivity index (χ2v) is 7.52. The summed E-state index contributed by atoms with van der Waals surface area (Å²) in [7, 11) is 1.47. The van der Waals surface area contributed by atoms with Crippen molar-refractivity contribution in [3.63, 3.8) is 0 Å². The second-order valence-electron chi connectivity index (χ2n) is 7.09. The minimum Gasteiger partial charge on any atom is -0.495 e. The van der Waals surface area contributed by atoms with Crippen molar-refractivity contribution in [2.45, 2.75) is 31.8 Å². The summed E-state index contributed by atoms with van der Waals surface area (Å²) >= 11 is 6.13. The number of ether oxygens (including phenoxy) is 1. The maximum Gasteiger partial charge on any atom is 0.337 e. The molecule has 3 aromatic rings. The molecule has 150 valence electrons. The molecule has 1 aromatic heterocycles. The molecule has 1 aliphatic rings. The van der Waals surface area contributed by atoms with Gasteiger partial charge in [-0.05, 0) is 50.1 Å². The van der Waals surface area contributed by atoms with E-state index in [9.17, 15) is 14.4 Å². The highest BCUT2D eigenvalue weighted by Gasteiger charge is 2.28. The number of nitrogens with one attached hydrogen (secondary N) is 1. The predicted molar refractivity (Wildman–Crippen MR) is 111 cm³/mol. The highest BCUT2D eigenvalue weighted by molar-refractivity contribution is 6.31. The summed E-state index contributed by atoms with van der Waals surface area (Å²) in [4.78, 5) is 39.4. The Labute approximate surface area is 171 Å². The van der Waals surface area contributed by atoms with E-state index in [1.807, 2.05) is 0 Å². The summed E-state index contributed by atoms with van der Waals surface area (Å²) in [6.45, 7) is 1.64. The third-order valence-corrected chi connectivity index (χ3v) is 5.30. The van der Waals surface area contributed by atoms with Crippen molar-refractivity contribution in [3.8, 4) is 11.4 Å². The van der Waals surface area contributed by atoms with E-state index in [4.69, 9.17) is 16.3 Å². The van der Waals surface area contributed by atoms with E-state index < -0.39 is 17.3 Å². The molecule has 0 aliphatic heterocycles. The lowest BCUT2D eigenvalue weighted by Gasteiger charge is -2.20. The molecular weight excluding hydrogens is 394 g/mol. The fourth-order valence-electron chi connectivity index (χ4n) is 3.37. The van der Waals surface area contributed by atoms with Crippen LogP contribution in [0.3, 0.4) is 0 Å². The molecule has 0 bridgehead atoms. The summed E-state index contributed by atoms with van der Waals surface area (Å²) in [5, 5.41) is 3.56. The number of carbonyl (C=O) groups is 1. The lowest BCUT2D eigenvalue weighted by atomic mass is 10.2. The molecule has 1 amide bonds. The fourth-order valence-corrected chi connectivity index (χ4v) is 3.54. The third kappa shape index (κ3) is 3.42. The van der Waals surface area contributed by atoms with Gasteiger partial charge in [0.15, 0.2) is 0 Å². The first-order valence-corrected chi connectivity index (χ1v) is 9.70. The van der Waals surface area contributed by atoms with Gasteiger partial charge in [0.25, 0.3) is 5.56 Å². The van der Waals surface area contributed by atoms with Crippen LogP contribution in [-0.2, 0) is 4.79 Å². The zero-order valence-corrected chi connectivity index (χ0v) is 16.8. The van der Waals surface area contributed by atoms with Crippen LogP contribution in [0, 0.1) is 0 Å². The number of benzene rings is 2. The number of carbonyl (C=O) groups excluding carboxylic acids is 1. The largest absolute Gasteiger partial charge is 0.495 e. The van der Waals surface area contributed by atoms with E-state index in [1.165, 1.54) is 17.7 Å². The normalized spacial score (nSPS) is 14.6. The Bertz CT molecular complexity index is 1230. The van der Waals surface area contributed by atoms with Gasteiger partial charge in [0.05, 0.1) is 23.7 Å². The highest BCUT2D eigenvalue weighted by atomic mass is 35.5. The average molecular weight is 414 g/mol. The van der Waals surface area contributed by atoms with Crippen LogP contribution in [-0.4, -0.2) is 28.2 Å². The first-order chi connectivity index (χ1) is 13.9. The molecule has 1 saturated carbocycles. The summed E-state index contributed by atoms with van der Waals surface area (Å²) in [5.74, 6) is 0.0998. The van der Waals surface area contributed by atoms with Crippen molar-refractivity contribution in [1.29, 1.82) is 0 Å². The van der Waals surface area contributed by atoms with Gasteiger partial charge >= 0.3 is 5.69 Å². The topological polar surface area (TPSA) is 82.3 Å². The number of para-hydroxylation sites is 2. The highest BCUT2D eigenvalue weighted by Crippen LogP contribution is 2.24. The Morgan fingerprint density at radius 1 is 1.21 bits per heavy atom. The van der Waals surface area contributed by atoms with Crippen LogP contribution in [0.5, 0.6) is 5.75 Å². The molecule has 8 heteroatoms. The number of rotatable bonds is 5. The molecule has 0 radical (unpaired) electrons. The van der Waals surface area contributed by atoms with E-state index in [0.717, 1.165) is 17.4 Å². The first kappa shape index (κ1) is 19.3. The molecule has 7 nitrogen and oxygen atoms in total. The maximum absolute atomic E-state index is 13.5. The van der Waals surface area contributed by atoms with E-state index in [2.05, 4.69) is 5.32 Å². The second kappa shape index (κ2) is 7.40. The van der Waals surface area contributed by atoms with Gasteiger partial charge in [-0.15, -0.1) is 0 Å². The molecular formula is C21H20ClN3O4. The molecule has 1 fully saturated rings. The van der Waals surface area contributed by atoms with Crippen LogP contribution in [0.4, 0.5) is 0 Å². The van der Waals surface area contributed by atoms with Gasteiger partial charge in [0, 0.05) is 11.1 Å². The minimum absolute atomic E-state index is 0.149. The van der Waals surface area contributed by atoms with E-state index in [1.54, 1.807) is 43.3 Å². The Hall–Kier alpha value is -3.06. The maximum atomic E-state index is 13.5. The van der Waals surface area contributed by atoms with Gasteiger partial charge < -0.3 is 10.1 Å². The lowest BCUT2D eigenvalue weighted by molar-refractivity contribution is -0.124. The van der Waals surface area contributed by atoms with Crippen LogP contribution in [0.2, 0.25) is 5.02 Å². The monoisotopic (exact) mass is 413 g/mol. The summed E-state index contributed by atoms with van der Waals surface area (Å²) in [5.41, 5.74) is -0.507. The molecule has 2 aromatic carbocycles. The van der Waals surface area contributed by atoms with Crippen LogP contribution >= 0.6 is 11.6 Å². The van der Waals surface area contributed by atoms with Gasteiger partial charge in [-0.1, -0.05) is 23.7 Å². The Kier molecular flexibility index (Phi) is 4.92. The molecule has 29 heavy (non-hydrogen) atoms. The predicted octanol–water partition coefficient (Wildman–Crippen LogP) is 2.65. The van der Waals surface area contributed by atoms with Crippen molar-refractivity contribution >= 4 is 28.4 Å². The van der Waals surface area contributed by atoms with Gasteiger partial charge in [0.2, 0.25) is 5.91 Å². The van der Waals surface area contributed by atoms with Gasteiger partial charge in [-0.3, -0.25) is 14.2 Å². The molecule has 1 N–H and O–H groups in total. The van der Waals surface area contributed by atoms with Crippen LogP contribution in [0.25, 0.3) is 16.6 Å². The number of fused-ring (bicyclic) bond motifs is 1. The Balaban J connectivity index is 2.03. The number of hydrogen-bond donors (Lipinski definition) is 1. The number of nitrogens with zero attached hydrogens (tertiary/aromatic N) is 2. The van der Waals surface area contributed by atoms with Gasteiger partial charge in [-0.2, -0.15) is 0 Å². The van der Waals surface area contributed by atoms with Crippen molar-refractivity contribution in [2.24, 2.45) is 0 Å². The third-order valence-electron chi connectivity index (χ3n) is 5.07. The SMILES string of the molecule is COc1ccccc1-n1c(=O)c2ccc(Cl)cc2n([C@H](C)C(=O)NC2CC2)c1=O. The quantitative estimate of drug-likeness (QED) is 0.697. The van der Waals surface area contributed by atoms with Crippen LogP contribution in [0.1, 0.15) is 25.8 Å². The molecule has 1 aliphatic carbocycles. The summed E-state index contributed by atoms with van der Waals surface area (Å²) in [6.07, 6.45) is 1.86. The average Bonchev–Trinajstić information content (AvgIpc) is 3.52. The molecule has 0 unspecified atom stereocenters. The first-order valence-electron chi connectivity index (χ1n) is 9.33. The summed E-state index contributed by atoms with van der Waals surface area (Å²) in [6, 6.07) is 10.8. The lowest BCUT2D eigenvalue weighted by Crippen LogP contribution is -2.44. The Morgan fingerprint density at radius 2 is 1.93 bits per heavy atom. The smallest absolute Gasteiger partial charge is 0.337 e. The van der Waals surface area contributed by atoms with Crippen molar-refractivity contribution in [1.82, 2.24) is 14.5 Å².